The second-order valence-corrected chi connectivity index (χ2v) is 6.40. The van der Waals surface area contributed by atoms with Crippen LogP contribution in [-0.2, 0) is 6.42 Å². The molecule has 5 heteroatoms. The van der Waals surface area contributed by atoms with Gasteiger partial charge in [0.05, 0.1) is 0 Å². The monoisotopic (exact) mass is 299 g/mol. The smallest absolute Gasteiger partial charge is 0.354 e. The summed E-state index contributed by atoms with van der Waals surface area (Å²) < 4.78 is 0. The summed E-state index contributed by atoms with van der Waals surface area (Å²) in [6.07, 6.45) is 0.502. The van der Waals surface area contributed by atoms with E-state index in [2.05, 4.69) is 15.3 Å². The number of carboxylic acids is 1. The van der Waals surface area contributed by atoms with Gasteiger partial charge in [0.25, 0.3) is 0 Å². The van der Waals surface area contributed by atoms with Crippen molar-refractivity contribution in [3.8, 4) is 0 Å². The molecule has 0 spiro atoms. The molecule has 0 fully saturated rings. The summed E-state index contributed by atoms with van der Waals surface area (Å²) in [5, 5.41) is 12.4. The Morgan fingerprint density at radius 3 is 2.55 bits per heavy atom. The van der Waals surface area contributed by atoms with Crippen LogP contribution in [0.2, 0.25) is 0 Å². The van der Waals surface area contributed by atoms with E-state index in [9.17, 15) is 9.90 Å². The van der Waals surface area contributed by atoms with Crippen LogP contribution in [0.4, 0.5) is 5.82 Å². The number of aromatic nitrogens is 2. The zero-order chi connectivity index (χ0) is 16.3. The first-order valence-electron chi connectivity index (χ1n) is 7.18. The van der Waals surface area contributed by atoms with E-state index in [0.717, 1.165) is 11.1 Å². The Hall–Kier alpha value is -2.43. The Labute approximate surface area is 130 Å². The first kappa shape index (κ1) is 15.9. The molecule has 2 aromatic rings. The fourth-order valence-electron chi connectivity index (χ4n) is 2.14. The van der Waals surface area contributed by atoms with Crippen molar-refractivity contribution >= 4 is 11.8 Å². The van der Waals surface area contributed by atoms with E-state index in [-0.39, 0.29) is 11.2 Å². The molecule has 1 heterocycles. The minimum atomic E-state index is -1.05. The van der Waals surface area contributed by atoms with Crippen molar-refractivity contribution in [3.63, 3.8) is 0 Å². The van der Waals surface area contributed by atoms with Crippen molar-refractivity contribution in [2.24, 2.45) is 0 Å². The molecule has 2 N–H and O–H groups in total. The summed E-state index contributed by atoms with van der Waals surface area (Å²) in [5.41, 5.74) is 2.01. The predicted octanol–water partition coefficient (Wildman–Crippen LogP) is 3.28. The van der Waals surface area contributed by atoms with Gasteiger partial charge in [-0.05, 0) is 33.3 Å². The van der Waals surface area contributed by atoms with Crippen LogP contribution in [0.3, 0.4) is 0 Å². The highest BCUT2D eigenvalue weighted by Gasteiger charge is 2.15. The van der Waals surface area contributed by atoms with Crippen LogP contribution < -0.4 is 5.32 Å². The topological polar surface area (TPSA) is 75.1 Å². The second kappa shape index (κ2) is 6.13. The molecule has 0 atom stereocenters. The summed E-state index contributed by atoms with van der Waals surface area (Å²) >= 11 is 0. The average Bonchev–Trinajstić information content (AvgIpc) is 2.36. The minimum absolute atomic E-state index is 0.00408. The van der Waals surface area contributed by atoms with Gasteiger partial charge in [-0.25, -0.2) is 14.8 Å². The summed E-state index contributed by atoms with van der Waals surface area (Å²) in [4.78, 5) is 19.8. The normalized spacial score (nSPS) is 11.3. The number of benzene rings is 1. The molecule has 0 aliphatic heterocycles. The number of nitrogens with one attached hydrogen (secondary N) is 1. The van der Waals surface area contributed by atoms with Gasteiger partial charge in [0.15, 0.2) is 5.69 Å². The Morgan fingerprint density at radius 2 is 1.95 bits per heavy atom. The first-order valence-corrected chi connectivity index (χ1v) is 7.18. The third-order valence-electron chi connectivity index (χ3n) is 2.94. The molecule has 0 aliphatic rings. The van der Waals surface area contributed by atoms with Gasteiger partial charge in [-0.15, -0.1) is 0 Å². The number of anilines is 1. The molecule has 2 rings (SSSR count). The van der Waals surface area contributed by atoms with E-state index in [1.165, 1.54) is 6.07 Å². The van der Waals surface area contributed by atoms with Crippen LogP contribution in [0.5, 0.6) is 0 Å². The molecule has 5 nitrogen and oxygen atoms in total. The quantitative estimate of drug-likeness (QED) is 0.906. The van der Waals surface area contributed by atoms with Gasteiger partial charge in [-0.2, -0.15) is 0 Å². The molecule has 0 radical (unpaired) electrons. The van der Waals surface area contributed by atoms with Crippen LogP contribution in [0.1, 0.15) is 48.2 Å². The highest BCUT2D eigenvalue weighted by molar-refractivity contribution is 5.86. The van der Waals surface area contributed by atoms with Crippen molar-refractivity contribution < 1.29 is 9.90 Å². The van der Waals surface area contributed by atoms with Gasteiger partial charge in [-0.3, -0.25) is 0 Å². The van der Waals surface area contributed by atoms with Gasteiger partial charge in [0, 0.05) is 18.0 Å². The predicted molar refractivity (Wildman–Crippen MR) is 86.4 cm³/mol. The third kappa shape index (κ3) is 4.55. The van der Waals surface area contributed by atoms with E-state index in [1.807, 2.05) is 52.0 Å². The molecule has 0 unspecified atom stereocenters. The van der Waals surface area contributed by atoms with Crippen molar-refractivity contribution in [3.05, 3.63) is 53.0 Å². The molecule has 116 valence electrons. The highest BCUT2D eigenvalue weighted by Crippen LogP contribution is 2.16. The lowest BCUT2D eigenvalue weighted by atomic mass is 10.1. The molecule has 0 aliphatic carbocycles. The molecule has 1 aromatic carbocycles. The summed E-state index contributed by atoms with van der Waals surface area (Å²) in [6.45, 7) is 8.01. The maximum absolute atomic E-state index is 11.3. The number of hydrogen-bond donors (Lipinski definition) is 2. The molecule has 0 saturated carbocycles. The maximum atomic E-state index is 11.3. The van der Waals surface area contributed by atoms with E-state index in [0.29, 0.717) is 18.1 Å². The molecular weight excluding hydrogens is 278 g/mol. The molecule has 1 aromatic heterocycles. The lowest BCUT2D eigenvalue weighted by Crippen LogP contribution is -2.27. The third-order valence-corrected chi connectivity index (χ3v) is 2.94. The fraction of sp³-hybridized carbons (Fsp3) is 0.353. The molecule has 0 saturated heterocycles. The van der Waals surface area contributed by atoms with Crippen LogP contribution in [0.15, 0.2) is 30.3 Å². The molecule has 22 heavy (non-hydrogen) atoms. The van der Waals surface area contributed by atoms with Gasteiger partial charge in [0.2, 0.25) is 0 Å². The van der Waals surface area contributed by atoms with E-state index in [1.54, 1.807) is 0 Å². The molecule has 0 amide bonds. The van der Waals surface area contributed by atoms with Crippen LogP contribution >= 0.6 is 0 Å². The van der Waals surface area contributed by atoms with Crippen molar-refractivity contribution in [1.82, 2.24) is 9.97 Å². The number of aryl methyl sites for hydroxylation is 1. The Morgan fingerprint density at radius 1 is 1.23 bits per heavy atom. The SMILES string of the molecule is Cc1cccc(Cc2nc(NC(C)(C)C)cc(C(=O)O)n2)c1. The molecule has 0 bridgehead atoms. The van der Waals surface area contributed by atoms with Crippen molar-refractivity contribution in [2.45, 2.75) is 39.7 Å². The zero-order valence-electron chi connectivity index (χ0n) is 13.3. The van der Waals surface area contributed by atoms with Crippen LogP contribution in [0, 0.1) is 6.92 Å². The minimum Gasteiger partial charge on any atom is -0.477 e. The van der Waals surface area contributed by atoms with Gasteiger partial charge >= 0.3 is 5.97 Å². The zero-order valence-corrected chi connectivity index (χ0v) is 13.3. The Balaban J connectivity index is 2.35. The number of aromatic carboxylic acids is 1. The Bertz CT molecular complexity index is 691. The number of hydrogen-bond acceptors (Lipinski definition) is 4. The van der Waals surface area contributed by atoms with Gasteiger partial charge < -0.3 is 10.4 Å². The molecular formula is C17H21N3O2. The number of carboxylic acid groups (broad SMARTS) is 1. The van der Waals surface area contributed by atoms with Gasteiger partial charge in [-0.1, -0.05) is 29.8 Å². The lowest BCUT2D eigenvalue weighted by molar-refractivity contribution is 0.0690. The fourth-order valence-corrected chi connectivity index (χ4v) is 2.14. The van der Waals surface area contributed by atoms with E-state index < -0.39 is 5.97 Å². The Kier molecular flexibility index (Phi) is 4.45. The largest absolute Gasteiger partial charge is 0.477 e. The lowest BCUT2D eigenvalue weighted by Gasteiger charge is -2.21. The second-order valence-electron chi connectivity index (χ2n) is 6.40. The summed E-state index contributed by atoms with van der Waals surface area (Å²) in [7, 11) is 0. The highest BCUT2D eigenvalue weighted by atomic mass is 16.4. The van der Waals surface area contributed by atoms with Gasteiger partial charge in [0.1, 0.15) is 11.6 Å². The standard InChI is InChI=1S/C17H21N3O2/c1-11-6-5-7-12(8-11)9-14-18-13(16(21)22)10-15(19-14)20-17(2,3)4/h5-8,10H,9H2,1-4H3,(H,21,22)(H,18,19,20). The summed E-state index contributed by atoms with van der Waals surface area (Å²) in [6, 6.07) is 9.49. The summed E-state index contributed by atoms with van der Waals surface area (Å²) in [5.74, 6) is -0.0235. The van der Waals surface area contributed by atoms with Crippen LogP contribution in [-0.4, -0.2) is 26.6 Å². The number of nitrogens with zero attached hydrogens (tertiary/aromatic N) is 2. The van der Waals surface area contributed by atoms with E-state index in [4.69, 9.17) is 0 Å². The first-order chi connectivity index (χ1) is 10.2. The van der Waals surface area contributed by atoms with E-state index >= 15 is 0 Å². The van der Waals surface area contributed by atoms with Crippen molar-refractivity contribution in [2.75, 3.05) is 5.32 Å². The maximum Gasteiger partial charge on any atom is 0.354 e. The number of carbonyl (C=O) groups is 1. The average molecular weight is 299 g/mol. The number of rotatable bonds is 4. The van der Waals surface area contributed by atoms with Crippen LogP contribution in [0.25, 0.3) is 0 Å². The van der Waals surface area contributed by atoms with Crippen molar-refractivity contribution in [1.29, 1.82) is 0 Å².